The van der Waals surface area contributed by atoms with Crippen LogP contribution in [0.15, 0.2) is 18.2 Å². The summed E-state index contributed by atoms with van der Waals surface area (Å²) in [5.41, 5.74) is 2.91. The molecule has 0 spiro atoms. The number of hydrogen-bond donors (Lipinski definition) is 1. The van der Waals surface area contributed by atoms with Crippen molar-refractivity contribution in [2.45, 2.75) is 52.5 Å². The summed E-state index contributed by atoms with van der Waals surface area (Å²) < 4.78 is 0. The number of benzene rings is 1. The van der Waals surface area contributed by atoms with Crippen molar-refractivity contribution >= 4 is 17.6 Å². The van der Waals surface area contributed by atoms with E-state index < -0.39 is 0 Å². The Bertz CT molecular complexity index is 631. The van der Waals surface area contributed by atoms with Crippen molar-refractivity contribution in [3.8, 4) is 0 Å². The van der Waals surface area contributed by atoms with E-state index in [1.165, 1.54) is 0 Å². The molecule has 0 aromatic heterocycles. The predicted octanol–water partition coefficient (Wildman–Crippen LogP) is 2.39. The largest absolute Gasteiger partial charge is 0.353 e. The minimum Gasteiger partial charge on any atom is -0.353 e. The van der Waals surface area contributed by atoms with Crippen LogP contribution in [0, 0.1) is 13.8 Å². The van der Waals surface area contributed by atoms with Crippen LogP contribution in [-0.2, 0) is 9.59 Å². The molecule has 0 unspecified atom stereocenters. The Balaban J connectivity index is 1.76. The number of hydrogen-bond acceptors (Lipinski definition) is 3. The highest BCUT2D eigenvalue weighted by Gasteiger charge is 2.22. The van der Waals surface area contributed by atoms with E-state index in [1.54, 1.807) is 11.8 Å². The van der Waals surface area contributed by atoms with Gasteiger partial charge in [-0.15, -0.1) is 0 Å². The molecule has 1 aliphatic heterocycles. The summed E-state index contributed by atoms with van der Waals surface area (Å²) in [4.78, 5) is 37.3. The lowest BCUT2D eigenvalue weighted by atomic mass is 10.0. The van der Waals surface area contributed by atoms with Gasteiger partial charge >= 0.3 is 0 Å². The van der Waals surface area contributed by atoms with Crippen LogP contribution >= 0.6 is 0 Å². The number of carbonyl (C=O) groups excluding carboxylic acids is 3. The Morgan fingerprint density at radius 2 is 1.75 bits per heavy atom. The normalized spacial score (nSPS) is 15.2. The van der Waals surface area contributed by atoms with Gasteiger partial charge in [-0.3, -0.25) is 14.4 Å². The van der Waals surface area contributed by atoms with Crippen LogP contribution < -0.4 is 5.32 Å². The summed E-state index contributed by atoms with van der Waals surface area (Å²) >= 11 is 0. The number of aryl methyl sites for hydroxylation is 2. The van der Waals surface area contributed by atoms with Gasteiger partial charge < -0.3 is 10.2 Å². The molecule has 130 valence electrons. The van der Waals surface area contributed by atoms with Gasteiger partial charge in [-0.05, 0) is 43.9 Å². The molecule has 0 aliphatic carbocycles. The number of nitrogens with one attached hydrogen (secondary N) is 1. The summed E-state index contributed by atoms with van der Waals surface area (Å²) in [6, 6.07) is 5.74. The van der Waals surface area contributed by atoms with Crippen molar-refractivity contribution < 1.29 is 14.4 Å². The molecule has 5 nitrogen and oxygen atoms in total. The SMILES string of the molecule is CC(=O)N1CCC(NC(=O)CCC(=O)c2ccc(C)c(C)c2)CC1. The molecule has 1 aliphatic rings. The van der Waals surface area contributed by atoms with E-state index in [0.29, 0.717) is 18.7 Å². The summed E-state index contributed by atoms with van der Waals surface area (Å²) in [7, 11) is 0. The Hall–Kier alpha value is -2.17. The highest BCUT2D eigenvalue weighted by Crippen LogP contribution is 2.13. The lowest BCUT2D eigenvalue weighted by molar-refractivity contribution is -0.130. The molecular formula is C19H26N2O3. The molecule has 1 aromatic rings. The van der Waals surface area contributed by atoms with Crippen molar-refractivity contribution in [1.29, 1.82) is 0 Å². The van der Waals surface area contributed by atoms with Gasteiger partial charge in [-0.2, -0.15) is 0 Å². The van der Waals surface area contributed by atoms with Crippen molar-refractivity contribution in [1.82, 2.24) is 10.2 Å². The van der Waals surface area contributed by atoms with Crippen molar-refractivity contribution in [3.05, 3.63) is 34.9 Å². The number of amides is 2. The van der Waals surface area contributed by atoms with Gasteiger partial charge in [-0.1, -0.05) is 12.1 Å². The second-order valence-corrected chi connectivity index (χ2v) is 6.57. The van der Waals surface area contributed by atoms with Crippen LogP contribution in [0.25, 0.3) is 0 Å². The molecule has 1 fully saturated rings. The fourth-order valence-corrected chi connectivity index (χ4v) is 2.92. The second-order valence-electron chi connectivity index (χ2n) is 6.57. The van der Waals surface area contributed by atoms with Crippen molar-refractivity contribution in [2.75, 3.05) is 13.1 Å². The Morgan fingerprint density at radius 1 is 1.08 bits per heavy atom. The third kappa shape index (κ3) is 4.91. The first-order valence-electron chi connectivity index (χ1n) is 8.52. The predicted molar refractivity (Wildman–Crippen MR) is 92.9 cm³/mol. The van der Waals surface area contributed by atoms with E-state index >= 15 is 0 Å². The molecule has 0 bridgehead atoms. The average Bonchev–Trinajstić information content (AvgIpc) is 2.55. The minimum absolute atomic E-state index is 0.000325. The number of rotatable bonds is 5. The third-order valence-corrected chi connectivity index (χ3v) is 4.71. The first-order valence-corrected chi connectivity index (χ1v) is 8.52. The van der Waals surface area contributed by atoms with E-state index in [2.05, 4.69) is 5.32 Å². The first-order chi connectivity index (χ1) is 11.4. The zero-order chi connectivity index (χ0) is 17.7. The van der Waals surface area contributed by atoms with E-state index in [1.807, 2.05) is 32.0 Å². The van der Waals surface area contributed by atoms with Crippen LogP contribution in [0.5, 0.6) is 0 Å². The topological polar surface area (TPSA) is 66.5 Å². The molecule has 2 amide bonds. The summed E-state index contributed by atoms with van der Waals surface area (Å²) in [5.74, 6) is -0.00753. The number of likely N-dealkylation sites (tertiary alicyclic amines) is 1. The van der Waals surface area contributed by atoms with Crippen LogP contribution in [-0.4, -0.2) is 41.6 Å². The van der Waals surface area contributed by atoms with Crippen molar-refractivity contribution in [2.24, 2.45) is 0 Å². The van der Waals surface area contributed by atoms with E-state index in [9.17, 15) is 14.4 Å². The summed E-state index contributed by atoms with van der Waals surface area (Å²) in [6.45, 7) is 6.92. The van der Waals surface area contributed by atoms with Crippen LogP contribution in [0.1, 0.15) is 54.1 Å². The number of ketones is 1. The molecule has 2 rings (SSSR count). The maximum atomic E-state index is 12.2. The van der Waals surface area contributed by atoms with Gasteiger partial charge in [0.05, 0.1) is 0 Å². The highest BCUT2D eigenvalue weighted by atomic mass is 16.2. The Kier molecular flexibility index (Phi) is 6.12. The summed E-state index contributed by atoms with van der Waals surface area (Å²) in [5, 5.41) is 2.98. The van der Waals surface area contributed by atoms with E-state index in [0.717, 1.165) is 24.0 Å². The van der Waals surface area contributed by atoms with E-state index in [-0.39, 0.29) is 36.5 Å². The van der Waals surface area contributed by atoms with E-state index in [4.69, 9.17) is 0 Å². The van der Waals surface area contributed by atoms with Gasteiger partial charge in [0.25, 0.3) is 0 Å². The average molecular weight is 330 g/mol. The number of Topliss-reactive ketones (excluding diaryl/α,β-unsaturated/α-hetero) is 1. The molecule has 0 radical (unpaired) electrons. The van der Waals surface area contributed by atoms with Gasteiger partial charge in [0.15, 0.2) is 5.78 Å². The zero-order valence-corrected chi connectivity index (χ0v) is 14.7. The van der Waals surface area contributed by atoms with Crippen molar-refractivity contribution in [3.63, 3.8) is 0 Å². The van der Waals surface area contributed by atoms with Crippen LogP contribution in [0.2, 0.25) is 0 Å². The lowest BCUT2D eigenvalue weighted by Crippen LogP contribution is -2.46. The fraction of sp³-hybridized carbons (Fsp3) is 0.526. The molecule has 1 N–H and O–H groups in total. The number of carbonyl (C=O) groups is 3. The molecule has 24 heavy (non-hydrogen) atoms. The quantitative estimate of drug-likeness (QED) is 0.843. The highest BCUT2D eigenvalue weighted by molar-refractivity contribution is 5.98. The van der Waals surface area contributed by atoms with Gasteiger partial charge in [0.1, 0.15) is 0 Å². The molecule has 1 saturated heterocycles. The molecule has 5 heteroatoms. The maximum absolute atomic E-state index is 12.2. The molecule has 1 aromatic carbocycles. The summed E-state index contributed by atoms with van der Waals surface area (Å²) in [6.07, 6.45) is 1.98. The fourth-order valence-electron chi connectivity index (χ4n) is 2.92. The lowest BCUT2D eigenvalue weighted by Gasteiger charge is -2.31. The zero-order valence-electron chi connectivity index (χ0n) is 14.7. The second kappa shape index (κ2) is 8.08. The number of piperidine rings is 1. The third-order valence-electron chi connectivity index (χ3n) is 4.71. The monoisotopic (exact) mass is 330 g/mol. The molecular weight excluding hydrogens is 304 g/mol. The Morgan fingerprint density at radius 3 is 2.33 bits per heavy atom. The molecule has 0 atom stereocenters. The van der Waals surface area contributed by atoms with Gasteiger partial charge in [0, 0.05) is 44.5 Å². The van der Waals surface area contributed by atoms with Gasteiger partial charge in [-0.25, -0.2) is 0 Å². The van der Waals surface area contributed by atoms with Crippen LogP contribution in [0.4, 0.5) is 0 Å². The van der Waals surface area contributed by atoms with Crippen LogP contribution in [0.3, 0.4) is 0 Å². The standard InChI is InChI=1S/C19H26N2O3/c1-13-4-5-16(12-14(13)2)18(23)6-7-19(24)20-17-8-10-21(11-9-17)15(3)22/h4-5,12,17H,6-11H2,1-3H3,(H,20,24). The first kappa shape index (κ1) is 18.2. The maximum Gasteiger partial charge on any atom is 0.220 e. The minimum atomic E-state index is -0.0894. The molecule has 1 heterocycles. The Labute approximate surface area is 143 Å². The molecule has 0 saturated carbocycles. The smallest absolute Gasteiger partial charge is 0.220 e. The van der Waals surface area contributed by atoms with Gasteiger partial charge in [0.2, 0.25) is 11.8 Å². The number of nitrogens with zero attached hydrogens (tertiary/aromatic N) is 1.